The number of nitrogens with one attached hydrogen (secondary N) is 3. The van der Waals surface area contributed by atoms with Gasteiger partial charge in [-0.25, -0.2) is 4.39 Å². The summed E-state index contributed by atoms with van der Waals surface area (Å²) in [4.78, 5) is 12.5. The Kier molecular flexibility index (Phi) is 4.65. The van der Waals surface area contributed by atoms with Gasteiger partial charge in [0, 0.05) is 24.8 Å². The van der Waals surface area contributed by atoms with E-state index in [1.54, 1.807) is 12.1 Å². The zero-order valence-electron chi connectivity index (χ0n) is 14.4. The molecule has 136 valence electrons. The molecule has 2 atom stereocenters. The van der Waals surface area contributed by atoms with Crippen LogP contribution in [0, 0.1) is 17.2 Å². The lowest BCUT2D eigenvalue weighted by Gasteiger charge is -2.23. The van der Waals surface area contributed by atoms with Gasteiger partial charge in [-0.2, -0.15) is 0 Å². The first-order valence-electron chi connectivity index (χ1n) is 9.33. The molecular weight excluding hydrogens is 321 g/mol. The van der Waals surface area contributed by atoms with E-state index in [2.05, 4.69) is 16.0 Å². The third-order valence-corrected chi connectivity index (χ3v) is 5.89. The third kappa shape index (κ3) is 3.65. The predicted molar refractivity (Wildman–Crippen MR) is 95.1 cm³/mol. The molecule has 2 unspecified atom stereocenters. The van der Waals surface area contributed by atoms with Crippen LogP contribution in [0.3, 0.4) is 0 Å². The van der Waals surface area contributed by atoms with Gasteiger partial charge in [-0.3, -0.25) is 4.79 Å². The minimum absolute atomic E-state index is 0.0290. The molecular formula is C19H26FN3O2. The van der Waals surface area contributed by atoms with Gasteiger partial charge in [0.15, 0.2) is 0 Å². The van der Waals surface area contributed by atoms with Crippen LogP contribution in [-0.4, -0.2) is 38.3 Å². The Balaban J connectivity index is 1.32. The fourth-order valence-electron chi connectivity index (χ4n) is 4.19. The summed E-state index contributed by atoms with van der Waals surface area (Å²) in [5.74, 6) is -0.237. The van der Waals surface area contributed by atoms with Crippen molar-refractivity contribution in [1.82, 2.24) is 5.32 Å². The highest BCUT2D eigenvalue weighted by Gasteiger charge is 2.57. The number of ether oxygens (including phenoxy) is 1. The second kappa shape index (κ2) is 6.92. The molecule has 3 aliphatic rings. The van der Waals surface area contributed by atoms with E-state index in [1.165, 1.54) is 6.07 Å². The van der Waals surface area contributed by atoms with Gasteiger partial charge in [-0.05, 0) is 68.8 Å². The molecule has 1 saturated carbocycles. The normalized spacial score (nSPS) is 27.2. The van der Waals surface area contributed by atoms with Crippen molar-refractivity contribution in [1.29, 1.82) is 0 Å². The van der Waals surface area contributed by atoms with E-state index >= 15 is 0 Å². The number of carbonyl (C=O) groups excluding carboxylic acids is 1. The Morgan fingerprint density at radius 3 is 2.92 bits per heavy atom. The molecule has 0 bridgehead atoms. The molecule has 0 aromatic heterocycles. The van der Waals surface area contributed by atoms with Crippen molar-refractivity contribution in [2.45, 2.75) is 38.2 Å². The van der Waals surface area contributed by atoms with Gasteiger partial charge < -0.3 is 20.7 Å². The number of amides is 1. The van der Waals surface area contributed by atoms with Crippen LogP contribution in [0.2, 0.25) is 0 Å². The Morgan fingerprint density at radius 2 is 2.20 bits per heavy atom. The van der Waals surface area contributed by atoms with Crippen molar-refractivity contribution < 1.29 is 13.9 Å². The standard InChI is InChI=1S/C19H26FN3O2/c20-16-10-13(3-4-17(16)22-12-14-2-1-9-25-14)23-18(24)15-11-19(15)5-7-21-8-6-19/h3-4,10,14-15,21-22H,1-2,5-9,11-12H2,(H,23,24). The summed E-state index contributed by atoms with van der Waals surface area (Å²) in [7, 11) is 0. The number of piperidine rings is 1. The van der Waals surface area contributed by atoms with Gasteiger partial charge in [0.05, 0.1) is 11.8 Å². The SMILES string of the molecule is O=C(Nc1ccc(NCC2CCCO2)c(F)c1)C1CC12CCNCC2. The number of hydrogen-bond donors (Lipinski definition) is 3. The Bertz CT molecular complexity index is 640. The van der Waals surface area contributed by atoms with Crippen molar-refractivity contribution in [3.05, 3.63) is 24.0 Å². The van der Waals surface area contributed by atoms with Gasteiger partial charge in [-0.1, -0.05) is 0 Å². The number of carbonyl (C=O) groups is 1. The maximum absolute atomic E-state index is 14.3. The molecule has 5 nitrogen and oxygen atoms in total. The summed E-state index contributed by atoms with van der Waals surface area (Å²) in [6.45, 7) is 3.38. The highest BCUT2D eigenvalue weighted by atomic mass is 19.1. The highest BCUT2D eigenvalue weighted by Crippen LogP contribution is 2.58. The van der Waals surface area contributed by atoms with Crippen LogP contribution in [0.15, 0.2) is 18.2 Å². The number of hydrogen-bond acceptors (Lipinski definition) is 4. The van der Waals surface area contributed by atoms with Gasteiger partial charge in [0.1, 0.15) is 5.82 Å². The van der Waals surface area contributed by atoms with Gasteiger partial charge in [-0.15, -0.1) is 0 Å². The van der Waals surface area contributed by atoms with Crippen molar-refractivity contribution in [3.8, 4) is 0 Å². The molecule has 1 amide bonds. The summed E-state index contributed by atoms with van der Waals surface area (Å²) < 4.78 is 19.8. The predicted octanol–water partition coefficient (Wildman–Crippen LogP) is 2.74. The van der Waals surface area contributed by atoms with Crippen LogP contribution in [0.5, 0.6) is 0 Å². The van der Waals surface area contributed by atoms with Gasteiger partial charge in [0.2, 0.25) is 5.91 Å². The molecule has 1 aromatic carbocycles. The van der Waals surface area contributed by atoms with Crippen LogP contribution in [-0.2, 0) is 9.53 Å². The second-order valence-corrected chi connectivity index (χ2v) is 7.57. The van der Waals surface area contributed by atoms with Crippen LogP contribution in [0.4, 0.5) is 15.8 Å². The molecule has 2 saturated heterocycles. The van der Waals surface area contributed by atoms with Gasteiger partial charge in [0.25, 0.3) is 0 Å². The number of benzene rings is 1. The molecule has 1 aromatic rings. The fourth-order valence-corrected chi connectivity index (χ4v) is 4.19. The third-order valence-electron chi connectivity index (χ3n) is 5.89. The van der Waals surface area contributed by atoms with E-state index in [0.717, 1.165) is 51.8 Å². The van der Waals surface area contributed by atoms with Gasteiger partial charge >= 0.3 is 0 Å². The minimum Gasteiger partial charge on any atom is -0.380 e. The summed E-state index contributed by atoms with van der Waals surface area (Å²) in [5, 5.41) is 9.32. The molecule has 3 N–H and O–H groups in total. The minimum atomic E-state index is -0.344. The Hall–Kier alpha value is -1.66. The molecule has 1 spiro atoms. The Morgan fingerprint density at radius 1 is 1.36 bits per heavy atom. The van der Waals surface area contributed by atoms with Crippen LogP contribution >= 0.6 is 0 Å². The molecule has 25 heavy (non-hydrogen) atoms. The number of halogens is 1. The molecule has 2 heterocycles. The molecule has 3 fully saturated rings. The van der Waals surface area contributed by atoms with Crippen LogP contribution in [0.1, 0.15) is 32.1 Å². The quantitative estimate of drug-likeness (QED) is 0.766. The first kappa shape index (κ1) is 16.8. The molecule has 4 rings (SSSR count). The highest BCUT2D eigenvalue weighted by molar-refractivity contribution is 5.95. The van der Waals surface area contributed by atoms with E-state index in [4.69, 9.17) is 4.74 Å². The zero-order chi connectivity index (χ0) is 17.3. The summed E-state index contributed by atoms with van der Waals surface area (Å²) >= 11 is 0. The average molecular weight is 347 g/mol. The van der Waals surface area contributed by atoms with Crippen molar-refractivity contribution in [2.24, 2.45) is 11.3 Å². The van der Waals surface area contributed by atoms with Crippen molar-refractivity contribution in [3.63, 3.8) is 0 Å². The maximum Gasteiger partial charge on any atom is 0.228 e. The Labute approximate surface area is 147 Å². The zero-order valence-corrected chi connectivity index (χ0v) is 14.4. The number of anilines is 2. The fraction of sp³-hybridized carbons (Fsp3) is 0.632. The van der Waals surface area contributed by atoms with E-state index in [1.807, 2.05) is 0 Å². The van der Waals surface area contributed by atoms with E-state index in [0.29, 0.717) is 17.9 Å². The van der Waals surface area contributed by atoms with E-state index < -0.39 is 0 Å². The molecule has 1 aliphatic carbocycles. The summed E-state index contributed by atoms with van der Waals surface area (Å²) in [5.41, 5.74) is 1.17. The van der Waals surface area contributed by atoms with Crippen molar-refractivity contribution in [2.75, 3.05) is 36.9 Å². The summed E-state index contributed by atoms with van der Waals surface area (Å²) in [6.07, 6.45) is 5.33. The smallest absolute Gasteiger partial charge is 0.228 e. The monoisotopic (exact) mass is 347 g/mol. The van der Waals surface area contributed by atoms with Crippen LogP contribution < -0.4 is 16.0 Å². The average Bonchev–Trinajstić information content (AvgIpc) is 3.05. The molecule has 2 aliphatic heterocycles. The largest absolute Gasteiger partial charge is 0.380 e. The van der Waals surface area contributed by atoms with Crippen molar-refractivity contribution >= 4 is 17.3 Å². The van der Waals surface area contributed by atoms with E-state index in [9.17, 15) is 9.18 Å². The molecule has 0 radical (unpaired) electrons. The van der Waals surface area contributed by atoms with E-state index in [-0.39, 0.29) is 29.2 Å². The lowest BCUT2D eigenvalue weighted by Crippen LogP contribution is -2.31. The first-order chi connectivity index (χ1) is 12.2. The summed E-state index contributed by atoms with van der Waals surface area (Å²) in [6, 6.07) is 4.84. The molecule has 6 heteroatoms. The maximum atomic E-state index is 14.3. The first-order valence-corrected chi connectivity index (χ1v) is 9.33. The number of rotatable bonds is 5. The topological polar surface area (TPSA) is 62.4 Å². The van der Waals surface area contributed by atoms with Crippen LogP contribution in [0.25, 0.3) is 0 Å². The lowest BCUT2D eigenvalue weighted by atomic mass is 9.92. The second-order valence-electron chi connectivity index (χ2n) is 7.57. The lowest BCUT2D eigenvalue weighted by molar-refractivity contribution is -0.118.